The Morgan fingerprint density at radius 2 is 2.09 bits per heavy atom. The Bertz CT molecular complexity index is 139. The Balaban J connectivity index is 2.09. The maximum atomic E-state index is 2.49. The second-order valence-corrected chi connectivity index (χ2v) is 4.62. The lowest BCUT2D eigenvalue weighted by Crippen LogP contribution is -2.18. The highest BCUT2D eigenvalue weighted by Crippen LogP contribution is 2.50. The van der Waals surface area contributed by atoms with E-state index in [-0.39, 0.29) is 0 Å². The zero-order valence-electron chi connectivity index (χ0n) is 7.84. The van der Waals surface area contributed by atoms with Gasteiger partial charge in [-0.05, 0) is 36.5 Å². The largest absolute Gasteiger partial charge is 0.0651 e. The second-order valence-electron chi connectivity index (χ2n) is 4.62. The summed E-state index contributed by atoms with van der Waals surface area (Å²) in [4.78, 5) is 0. The minimum absolute atomic E-state index is 1.06. The van der Waals surface area contributed by atoms with E-state index in [1.165, 1.54) is 25.7 Å². The number of hydrogen-bond donors (Lipinski definition) is 0. The molecule has 11 heavy (non-hydrogen) atoms. The van der Waals surface area contributed by atoms with Crippen molar-refractivity contribution in [1.82, 2.24) is 0 Å². The first-order chi connectivity index (χ1) is 5.33. The third-order valence-electron chi connectivity index (χ3n) is 4.27. The molecule has 2 saturated carbocycles. The molecular weight excluding hydrogens is 132 g/mol. The molecule has 4 atom stereocenters. The van der Waals surface area contributed by atoms with Gasteiger partial charge in [-0.1, -0.05) is 33.1 Å². The number of hydrogen-bond acceptors (Lipinski definition) is 0. The van der Waals surface area contributed by atoms with E-state index >= 15 is 0 Å². The summed E-state index contributed by atoms with van der Waals surface area (Å²) in [5.41, 5.74) is 0. The van der Waals surface area contributed by atoms with Crippen LogP contribution in [0.5, 0.6) is 0 Å². The van der Waals surface area contributed by atoms with E-state index in [9.17, 15) is 0 Å². The second kappa shape index (κ2) is 2.80. The summed E-state index contributed by atoms with van der Waals surface area (Å²) in [7, 11) is 0. The number of rotatable bonds is 1. The minimum atomic E-state index is 1.06. The zero-order valence-corrected chi connectivity index (χ0v) is 7.84. The van der Waals surface area contributed by atoms with Gasteiger partial charge in [0.2, 0.25) is 0 Å². The first kappa shape index (κ1) is 7.64. The van der Waals surface area contributed by atoms with Gasteiger partial charge < -0.3 is 0 Å². The van der Waals surface area contributed by atoms with E-state index in [0.717, 1.165) is 23.7 Å². The fourth-order valence-electron chi connectivity index (χ4n) is 3.52. The summed E-state index contributed by atoms with van der Waals surface area (Å²) in [5, 5.41) is 0. The van der Waals surface area contributed by atoms with E-state index < -0.39 is 0 Å². The lowest BCUT2D eigenvalue weighted by molar-refractivity contribution is 0.226. The molecule has 0 heteroatoms. The molecule has 0 saturated heterocycles. The standard InChI is InChI=1S/C11H20/c1-3-9-7-10-5-4-6-11(9)8(10)2/h8-11H,3-7H2,1-2H3/t8-,9+,10?,11+/m0/s1. The van der Waals surface area contributed by atoms with Crippen LogP contribution in [0.25, 0.3) is 0 Å². The quantitative estimate of drug-likeness (QED) is 0.539. The molecular formula is C11H20. The van der Waals surface area contributed by atoms with Crippen LogP contribution >= 0.6 is 0 Å². The van der Waals surface area contributed by atoms with Crippen LogP contribution in [0.2, 0.25) is 0 Å². The van der Waals surface area contributed by atoms with Crippen molar-refractivity contribution in [3.05, 3.63) is 0 Å². The third kappa shape index (κ3) is 1.11. The predicted molar refractivity (Wildman–Crippen MR) is 48.4 cm³/mol. The van der Waals surface area contributed by atoms with Crippen molar-refractivity contribution < 1.29 is 0 Å². The Morgan fingerprint density at radius 3 is 2.73 bits per heavy atom. The molecule has 0 nitrogen and oxygen atoms in total. The van der Waals surface area contributed by atoms with Crippen molar-refractivity contribution in [2.75, 3.05) is 0 Å². The predicted octanol–water partition coefficient (Wildman–Crippen LogP) is 3.47. The van der Waals surface area contributed by atoms with Gasteiger partial charge in [0.15, 0.2) is 0 Å². The Morgan fingerprint density at radius 1 is 1.27 bits per heavy atom. The maximum absolute atomic E-state index is 2.49. The lowest BCUT2D eigenvalue weighted by atomic mass is 9.78. The van der Waals surface area contributed by atoms with Crippen LogP contribution < -0.4 is 0 Å². The first-order valence-corrected chi connectivity index (χ1v) is 5.33. The maximum Gasteiger partial charge on any atom is -0.0357 e. The van der Waals surface area contributed by atoms with E-state index in [0.29, 0.717) is 0 Å². The average molecular weight is 152 g/mol. The molecule has 0 spiro atoms. The minimum Gasteiger partial charge on any atom is -0.0651 e. The molecule has 2 aliphatic carbocycles. The van der Waals surface area contributed by atoms with Crippen LogP contribution in [0, 0.1) is 23.7 Å². The van der Waals surface area contributed by atoms with Gasteiger partial charge in [0, 0.05) is 0 Å². The molecule has 0 aromatic rings. The molecule has 0 aromatic heterocycles. The fraction of sp³-hybridized carbons (Fsp3) is 1.00. The molecule has 2 fully saturated rings. The van der Waals surface area contributed by atoms with Crippen molar-refractivity contribution in [1.29, 1.82) is 0 Å². The van der Waals surface area contributed by atoms with Gasteiger partial charge >= 0.3 is 0 Å². The van der Waals surface area contributed by atoms with Crippen LogP contribution in [0.15, 0.2) is 0 Å². The summed E-state index contributed by atoms with van der Waals surface area (Å²) in [6, 6.07) is 0. The zero-order chi connectivity index (χ0) is 7.84. The summed E-state index contributed by atoms with van der Waals surface area (Å²) in [5.74, 6) is 4.38. The molecule has 0 heterocycles. The van der Waals surface area contributed by atoms with Gasteiger partial charge in [0.1, 0.15) is 0 Å². The molecule has 2 bridgehead atoms. The smallest absolute Gasteiger partial charge is 0.0357 e. The van der Waals surface area contributed by atoms with Crippen LogP contribution in [0.3, 0.4) is 0 Å². The summed E-state index contributed by atoms with van der Waals surface area (Å²) < 4.78 is 0. The van der Waals surface area contributed by atoms with E-state index in [4.69, 9.17) is 0 Å². The van der Waals surface area contributed by atoms with Crippen molar-refractivity contribution >= 4 is 0 Å². The van der Waals surface area contributed by atoms with Crippen LogP contribution in [-0.4, -0.2) is 0 Å². The molecule has 0 radical (unpaired) electrons. The van der Waals surface area contributed by atoms with Gasteiger partial charge in [-0.2, -0.15) is 0 Å². The summed E-state index contributed by atoms with van der Waals surface area (Å²) in [6.07, 6.45) is 7.59. The molecule has 2 rings (SSSR count). The van der Waals surface area contributed by atoms with Gasteiger partial charge in [-0.3, -0.25) is 0 Å². The molecule has 0 amide bonds. The van der Waals surface area contributed by atoms with Crippen molar-refractivity contribution in [2.45, 2.75) is 46.0 Å². The number of fused-ring (bicyclic) bond motifs is 2. The fourth-order valence-corrected chi connectivity index (χ4v) is 3.52. The van der Waals surface area contributed by atoms with Gasteiger partial charge in [-0.25, -0.2) is 0 Å². The Labute approximate surface area is 70.4 Å². The Kier molecular flexibility index (Phi) is 1.95. The van der Waals surface area contributed by atoms with Crippen LogP contribution in [0.4, 0.5) is 0 Å². The molecule has 0 aromatic carbocycles. The van der Waals surface area contributed by atoms with Crippen molar-refractivity contribution in [2.24, 2.45) is 23.7 Å². The van der Waals surface area contributed by atoms with Crippen LogP contribution in [0.1, 0.15) is 46.0 Å². The topological polar surface area (TPSA) is 0 Å². The molecule has 64 valence electrons. The molecule has 2 aliphatic rings. The average Bonchev–Trinajstić information content (AvgIpc) is 2.23. The normalized spacial score (nSPS) is 49.6. The highest BCUT2D eigenvalue weighted by molar-refractivity contribution is 4.91. The first-order valence-electron chi connectivity index (χ1n) is 5.33. The summed E-state index contributed by atoms with van der Waals surface area (Å²) >= 11 is 0. The highest BCUT2D eigenvalue weighted by Gasteiger charge is 2.41. The van der Waals surface area contributed by atoms with Gasteiger partial charge in [-0.15, -0.1) is 0 Å². The molecule has 0 aliphatic heterocycles. The summed E-state index contributed by atoms with van der Waals surface area (Å²) in [6.45, 7) is 4.86. The molecule has 0 N–H and O–H groups in total. The Hall–Kier alpha value is 0. The van der Waals surface area contributed by atoms with Gasteiger partial charge in [0.25, 0.3) is 0 Å². The van der Waals surface area contributed by atoms with E-state index in [1.54, 1.807) is 6.42 Å². The van der Waals surface area contributed by atoms with Crippen molar-refractivity contribution in [3.63, 3.8) is 0 Å². The SMILES string of the molecule is CC[C@@H]1CC2CCC[C@@H]1[C@H]2C. The van der Waals surface area contributed by atoms with Gasteiger partial charge in [0.05, 0.1) is 0 Å². The van der Waals surface area contributed by atoms with E-state index in [2.05, 4.69) is 13.8 Å². The monoisotopic (exact) mass is 152 g/mol. The molecule has 1 unspecified atom stereocenters. The third-order valence-corrected chi connectivity index (χ3v) is 4.27. The van der Waals surface area contributed by atoms with Crippen LogP contribution in [-0.2, 0) is 0 Å². The van der Waals surface area contributed by atoms with Crippen molar-refractivity contribution in [3.8, 4) is 0 Å². The van der Waals surface area contributed by atoms with E-state index in [1.807, 2.05) is 0 Å². The highest BCUT2D eigenvalue weighted by atomic mass is 14.5. The lowest BCUT2D eigenvalue weighted by Gasteiger charge is -2.27.